The first-order chi connectivity index (χ1) is 13.1. The van der Waals surface area contributed by atoms with Crippen molar-refractivity contribution in [1.82, 2.24) is 5.32 Å². The summed E-state index contributed by atoms with van der Waals surface area (Å²) in [6.07, 6.45) is 1.68. The molecule has 1 atom stereocenters. The standard InChI is InChI=1S/C21H26ClNO4/c1-4-18(27-17-9-5-8-16(22)14-17)21(24)23-12-6-7-15-10-11-19(25-2)20(13-15)26-3/h5,8-11,13-14,18H,4,6-7,12H2,1-3H3,(H,23,24). The number of aryl methyl sites for hydroxylation is 1. The first-order valence-electron chi connectivity index (χ1n) is 8.98. The summed E-state index contributed by atoms with van der Waals surface area (Å²) in [6, 6.07) is 12.9. The van der Waals surface area contributed by atoms with Crippen molar-refractivity contribution in [3.8, 4) is 17.2 Å². The molecule has 0 spiro atoms. The van der Waals surface area contributed by atoms with Crippen LogP contribution in [0.4, 0.5) is 0 Å². The predicted molar refractivity (Wildman–Crippen MR) is 107 cm³/mol. The topological polar surface area (TPSA) is 56.8 Å². The van der Waals surface area contributed by atoms with Crippen molar-refractivity contribution < 1.29 is 19.0 Å². The Hall–Kier alpha value is -2.40. The predicted octanol–water partition coefficient (Wildman–Crippen LogP) is 4.26. The van der Waals surface area contributed by atoms with E-state index in [9.17, 15) is 4.79 Å². The van der Waals surface area contributed by atoms with Gasteiger partial charge >= 0.3 is 0 Å². The summed E-state index contributed by atoms with van der Waals surface area (Å²) < 4.78 is 16.3. The summed E-state index contributed by atoms with van der Waals surface area (Å²) in [5.41, 5.74) is 1.13. The Labute approximate surface area is 165 Å². The molecule has 27 heavy (non-hydrogen) atoms. The molecule has 1 N–H and O–H groups in total. The fourth-order valence-corrected chi connectivity index (χ4v) is 2.86. The van der Waals surface area contributed by atoms with Crippen LogP contribution >= 0.6 is 11.6 Å². The Balaban J connectivity index is 1.80. The van der Waals surface area contributed by atoms with Crippen LogP contribution in [0.5, 0.6) is 17.2 Å². The smallest absolute Gasteiger partial charge is 0.261 e. The quantitative estimate of drug-likeness (QED) is 0.615. The number of hydrogen-bond acceptors (Lipinski definition) is 4. The lowest BCUT2D eigenvalue weighted by Gasteiger charge is -2.17. The van der Waals surface area contributed by atoms with E-state index in [0.717, 1.165) is 18.4 Å². The molecule has 0 saturated carbocycles. The molecule has 0 fully saturated rings. The number of ether oxygens (including phenoxy) is 3. The molecule has 5 nitrogen and oxygen atoms in total. The lowest BCUT2D eigenvalue weighted by Crippen LogP contribution is -2.38. The molecule has 6 heteroatoms. The number of rotatable bonds is 10. The van der Waals surface area contributed by atoms with Gasteiger partial charge in [-0.2, -0.15) is 0 Å². The fourth-order valence-electron chi connectivity index (χ4n) is 2.68. The molecule has 0 radical (unpaired) electrons. The van der Waals surface area contributed by atoms with Crippen LogP contribution in [0.2, 0.25) is 5.02 Å². The number of hydrogen-bond donors (Lipinski definition) is 1. The van der Waals surface area contributed by atoms with Crippen LogP contribution in [0.1, 0.15) is 25.3 Å². The zero-order valence-electron chi connectivity index (χ0n) is 16.0. The van der Waals surface area contributed by atoms with Crippen LogP contribution in [-0.2, 0) is 11.2 Å². The lowest BCUT2D eigenvalue weighted by molar-refractivity contribution is -0.128. The highest BCUT2D eigenvalue weighted by molar-refractivity contribution is 6.30. The molecule has 0 heterocycles. The minimum absolute atomic E-state index is 0.121. The highest BCUT2D eigenvalue weighted by Crippen LogP contribution is 2.27. The number of carbonyl (C=O) groups excluding carboxylic acids is 1. The molecular weight excluding hydrogens is 366 g/mol. The summed E-state index contributed by atoms with van der Waals surface area (Å²) >= 11 is 5.95. The van der Waals surface area contributed by atoms with Crippen LogP contribution in [0.25, 0.3) is 0 Å². The van der Waals surface area contributed by atoms with Gasteiger partial charge < -0.3 is 19.5 Å². The lowest BCUT2D eigenvalue weighted by atomic mass is 10.1. The molecule has 0 aliphatic heterocycles. The van der Waals surface area contributed by atoms with Crippen molar-refractivity contribution >= 4 is 17.5 Å². The number of carbonyl (C=O) groups is 1. The van der Waals surface area contributed by atoms with Crippen molar-refractivity contribution in [2.75, 3.05) is 20.8 Å². The minimum Gasteiger partial charge on any atom is -0.493 e. The Bertz CT molecular complexity index is 751. The van der Waals surface area contributed by atoms with E-state index < -0.39 is 6.10 Å². The van der Waals surface area contributed by atoms with Gasteiger partial charge in [0.05, 0.1) is 14.2 Å². The summed E-state index contributed by atoms with van der Waals surface area (Å²) in [7, 11) is 3.23. The van der Waals surface area contributed by atoms with Gasteiger partial charge in [-0.05, 0) is 55.2 Å². The van der Waals surface area contributed by atoms with Gasteiger partial charge in [0, 0.05) is 11.6 Å². The number of benzene rings is 2. The summed E-state index contributed by atoms with van der Waals surface area (Å²) in [5, 5.41) is 3.52. The van der Waals surface area contributed by atoms with E-state index in [1.807, 2.05) is 25.1 Å². The van der Waals surface area contributed by atoms with Gasteiger partial charge in [0.1, 0.15) is 5.75 Å². The first-order valence-corrected chi connectivity index (χ1v) is 9.36. The highest BCUT2D eigenvalue weighted by Gasteiger charge is 2.18. The van der Waals surface area contributed by atoms with E-state index in [2.05, 4.69) is 5.32 Å². The van der Waals surface area contributed by atoms with Crippen LogP contribution in [0.15, 0.2) is 42.5 Å². The molecule has 0 saturated heterocycles. The largest absolute Gasteiger partial charge is 0.493 e. The third-order valence-electron chi connectivity index (χ3n) is 4.13. The zero-order valence-corrected chi connectivity index (χ0v) is 16.7. The third kappa shape index (κ3) is 6.36. The molecule has 1 unspecified atom stereocenters. The van der Waals surface area contributed by atoms with Crippen LogP contribution in [0.3, 0.4) is 0 Å². The summed E-state index contributed by atoms with van der Waals surface area (Å²) in [6.45, 7) is 2.49. The van der Waals surface area contributed by atoms with Gasteiger partial charge in [-0.1, -0.05) is 30.7 Å². The van der Waals surface area contributed by atoms with Crippen LogP contribution < -0.4 is 19.5 Å². The van der Waals surface area contributed by atoms with Crippen molar-refractivity contribution in [1.29, 1.82) is 0 Å². The Morgan fingerprint density at radius 1 is 1.11 bits per heavy atom. The molecule has 2 aromatic rings. The molecule has 2 aromatic carbocycles. The van der Waals surface area contributed by atoms with Crippen molar-refractivity contribution in [3.63, 3.8) is 0 Å². The van der Waals surface area contributed by atoms with Gasteiger partial charge in [0.15, 0.2) is 17.6 Å². The van der Waals surface area contributed by atoms with Crippen molar-refractivity contribution in [3.05, 3.63) is 53.1 Å². The van der Waals surface area contributed by atoms with E-state index in [1.54, 1.807) is 38.5 Å². The maximum atomic E-state index is 12.4. The Morgan fingerprint density at radius 2 is 1.89 bits per heavy atom. The second kappa shape index (κ2) is 10.7. The van der Waals surface area contributed by atoms with Gasteiger partial charge in [-0.25, -0.2) is 0 Å². The average molecular weight is 392 g/mol. The Morgan fingerprint density at radius 3 is 2.56 bits per heavy atom. The number of halogens is 1. The second-order valence-corrected chi connectivity index (χ2v) is 6.49. The van der Waals surface area contributed by atoms with Gasteiger partial charge in [0.25, 0.3) is 5.91 Å². The highest BCUT2D eigenvalue weighted by atomic mass is 35.5. The number of methoxy groups -OCH3 is 2. The van der Waals surface area contributed by atoms with Gasteiger partial charge in [0.2, 0.25) is 0 Å². The van der Waals surface area contributed by atoms with Gasteiger partial charge in [-0.3, -0.25) is 4.79 Å². The number of nitrogens with one attached hydrogen (secondary N) is 1. The van der Waals surface area contributed by atoms with E-state index in [4.69, 9.17) is 25.8 Å². The molecule has 146 valence electrons. The van der Waals surface area contributed by atoms with E-state index in [1.165, 1.54) is 0 Å². The molecule has 0 aliphatic carbocycles. The molecule has 0 aromatic heterocycles. The molecule has 1 amide bonds. The average Bonchev–Trinajstić information content (AvgIpc) is 2.69. The third-order valence-corrected chi connectivity index (χ3v) is 4.36. The SMILES string of the molecule is CCC(Oc1cccc(Cl)c1)C(=O)NCCCc1ccc(OC)c(OC)c1. The van der Waals surface area contributed by atoms with E-state index >= 15 is 0 Å². The summed E-state index contributed by atoms with van der Waals surface area (Å²) in [5.74, 6) is 1.89. The molecule has 2 rings (SSSR count). The van der Waals surface area contributed by atoms with Crippen LogP contribution in [-0.4, -0.2) is 32.8 Å². The summed E-state index contributed by atoms with van der Waals surface area (Å²) in [4.78, 5) is 12.4. The Kier molecular flexibility index (Phi) is 8.27. The molecule has 0 aliphatic rings. The second-order valence-electron chi connectivity index (χ2n) is 6.06. The van der Waals surface area contributed by atoms with Gasteiger partial charge in [-0.15, -0.1) is 0 Å². The van der Waals surface area contributed by atoms with Crippen molar-refractivity contribution in [2.45, 2.75) is 32.3 Å². The number of amides is 1. The molecular formula is C21H26ClNO4. The monoisotopic (exact) mass is 391 g/mol. The van der Waals surface area contributed by atoms with Crippen molar-refractivity contribution in [2.24, 2.45) is 0 Å². The van der Waals surface area contributed by atoms with Crippen LogP contribution in [0, 0.1) is 0 Å². The van der Waals surface area contributed by atoms with E-state index in [0.29, 0.717) is 35.2 Å². The zero-order chi connectivity index (χ0) is 19.6. The first kappa shape index (κ1) is 20.9. The fraction of sp³-hybridized carbons (Fsp3) is 0.381. The minimum atomic E-state index is -0.537. The maximum absolute atomic E-state index is 12.4. The van der Waals surface area contributed by atoms with E-state index in [-0.39, 0.29) is 5.91 Å². The maximum Gasteiger partial charge on any atom is 0.261 e. The normalized spacial score (nSPS) is 11.6. The molecule has 0 bridgehead atoms.